The maximum Gasteiger partial charge on any atom is 0.191 e. The molecular weight excluding hydrogens is 443 g/mol. The molecule has 0 fully saturated rings. The van der Waals surface area contributed by atoms with E-state index in [9.17, 15) is 0 Å². The molecule has 0 atom stereocenters. The van der Waals surface area contributed by atoms with E-state index in [1.165, 1.54) is 0 Å². The van der Waals surface area contributed by atoms with Crippen molar-refractivity contribution in [2.45, 2.75) is 46.4 Å². The van der Waals surface area contributed by atoms with E-state index in [4.69, 9.17) is 4.74 Å². The number of nitrogens with one attached hydrogen (secondary N) is 2. The van der Waals surface area contributed by atoms with Gasteiger partial charge in [-0.25, -0.2) is 0 Å². The van der Waals surface area contributed by atoms with Gasteiger partial charge in [0.25, 0.3) is 0 Å². The van der Waals surface area contributed by atoms with Gasteiger partial charge >= 0.3 is 0 Å². The number of hydrogen-bond acceptors (Lipinski definition) is 4. The first-order valence-corrected chi connectivity index (χ1v) is 8.69. The standard InChI is InChI=1S/C18H28N6O.HI/c1-5-17-23-22-13-24(17)10-9-20-18(19-4)21-12-15-7-6-8-16(11-15)25-14(2)3;/h6-8,11,13-14H,5,9-10,12H2,1-4H3,(H2,19,20,21);1H. The van der Waals surface area contributed by atoms with Crippen molar-refractivity contribution < 1.29 is 4.74 Å². The van der Waals surface area contributed by atoms with Crippen LogP contribution in [0.15, 0.2) is 35.6 Å². The highest BCUT2D eigenvalue weighted by molar-refractivity contribution is 14.0. The van der Waals surface area contributed by atoms with Crippen LogP contribution in [0.3, 0.4) is 0 Å². The van der Waals surface area contributed by atoms with Crippen molar-refractivity contribution in [2.24, 2.45) is 4.99 Å². The second-order valence-electron chi connectivity index (χ2n) is 5.96. The molecule has 0 saturated heterocycles. The Labute approximate surface area is 172 Å². The van der Waals surface area contributed by atoms with Crippen molar-refractivity contribution in [3.63, 3.8) is 0 Å². The summed E-state index contributed by atoms with van der Waals surface area (Å²) in [4.78, 5) is 4.26. The molecule has 2 aromatic rings. The number of nitrogens with zero attached hydrogens (tertiary/aromatic N) is 4. The molecule has 0 aliphatic rings. The highest BCUT2D eigenvalue weighted by atomic mass is 127. The average Bonchev–Trinajstić information content (AvgIpc) is 3.05. The number of benzene rings is 1. The Hall–Kier alpha value is -1.84. The zero-order chi connectivity index (χ0) is 18.1. The summed E-state index contributed by atoms with van der Waals surface area (Å²) in [6.07, 6.45) is 2.81. The lowest BCUT2D eigenvalue weighted by molar-refractivity contribution is 0.242. The van der Waals surface area contributed by atoms with E-state index in [0.717, 1.165) is 42.6 Å². The topological polar surface area (TPSA) is 76.4 Å². The molecule has 0 bridgehead atoms. The van der Waals surface area contributed by atoms with Crippen molar-refractivity contribution in [1.82, 2.24) is 25.4 Å². The van der Waals surface area contributed by atoms with Gasteiger partial charge in [-0.3, -0.25) is 4.99 Å². The van der Waals surface area contributed by atoms with Crippen LogP contribution in [-0.2, 0) is 19.5 Å². The lowest BCUT2D eigenvalue weighted by atomic mass is 10.2. The molecule has 7 nitrogen and oxygen atoms in total. The summed E-state index contributed by atoms with van der Waals surface area (Å²) in [5, 5.41) is 14.7. The van der Waals surface area contributed by atoms with Crippen LogP contribution in [0, 0.1) is 0 Å². The molecule has 0 saturated carbocycles. The van der Waals surface area contributed by atoms with E-state index in [2.05, 4.69) is 38.8 Å². The minimum atomic E-state index is 0. The lowest BCUT2D eigenvalue weighted by Crippen LogP contribution is -2.38. The molecule has 8 heteroatoms. The van der Waals surface area contributed by atoms with E-state index in [-0.39, 0.29) is 30.1 Å². The molecule has 0 aliphatic carbocycles. The van der Waals surface area contributed by atoms with Gasteiger partial charge in [0.1, 0.15) is 17.9 Å². The first-order valence-electron chi connectivity index (χ1n) is 8.69. The van der Waals surface area contributed by atoms with Gasteiger partial charge in [-0.1, -0.05) is 19.1 Å². The molecule has 1 aromatic heterocycles. The van der Waals surface area contributed by atoms with Crippen molar-refractivity contribution in [3.8, 4) is 5.75 Å². The first kappa shape index (κ1) is 22.2. The third kappa shape index (κ3) is 7.19. The molecule has 2 rings (SSSR count). The lowest BCUT2D eigenvalue weighted by Gasteiger charge is -2.14. The summed E-state index contributed by atoms with van der Waals surface area (Å²) in [5.74, 6) is 2.64. The van der Waals surface area contributed by atoms with E-state index >= 15 is 0 Å². The van der Waals surface area contributed by atoms with Crippen LogP contribution in [0.2, 0.25) is 0 Å². The fourth-order valence-electron chi connectivity index (χ4n) is 2.44. The molecule has 144 valence electrons. The summed E-state index contributed by atoms with van der Waals surface area (Å²) in [6.45, 7) is 8.36. The maximum absolute atomic E-state index is 5.73. The molecule has 1 aromatic carbocycles. The maximum atomic E-state index is 5.73. The van der Waals surface area contributed by atoms with E-state index in [1.54, 1.807) is 13.4 Å². The Balaban J connectivity index is 0.00000338. The zero-order valence-electron chi connectivity index (χ0n) is 15.9. The number of aromatic nitrogens is 3. The van der Waals surface area contributed by atoms with Crippen molar-refractivity contribution in [1.29, 1.82) is 0 Å². The predicted octanol–water partition coefficient (Wildman–Crippen LogP) is 2.61. The number of ether oxygens (including phenoxy) is 1. The van der Waals surface area contributed by atoms with Gasteiger partial charge < -0.3 is 19.9 Å². The molecule has 26 heavy (non-hydrogen) atoms. The summed E-state index contributed by atoms with van der Waals surface area (Å²) >= 11 is 0. The number of halogens is 1. The Kier molecular flexibility index (Phi) is 10.0. The quantitative estimate of drug-likeness (QED) is 0.351. The van der Waals surface area contributed by atoms with Gasteiger partial charge in [-0.15, -0.1) is 34.2 Å². The number of aryl methyl sites for hydroxylation is 1. The number of hydrogen-bond donors (Lipinski definition) is 2. The Morgan fingerprint density at radius 1 is 1.31 bits per heavy atom. The Morgan fingerprint density at radius 2 is 2.12 bits per heavy atom. The smallest absolute Gasteiger partial charge is 0.191 e. The van der Waals surface area contributed by atoms with Gasteiger partial charge in [0.05, 0.1) is 6.10 Å². The molecule has 0 amide bonds. The van der Waals surface area contributed by atoms with Crippen LogP contribution in [0.1, 0.15) is 32.2 Å². The third-order valence-electron chi connectivity index (χ3n) is 3.61. The van der Waals surface area contributed by atoms with Crippen LogP contribution >= 0.6 is 24.0 Å². The van der Waals surface area contributed by atoms with Crippen molar-refractivity contribution >= 4 is 29.9 Å². The third-order valence-corrected chi connectivity index (χ3v) is 3.61. The molecule has 1 heterocycles. The van der Waals surface area contributed by atoms with Crippen LogP contribution in [0.4, 0.5) is 0 Å². The fourth-order valence-corrected chi connectivity index (χ4v) is 2.44. The van der Waals surface area contributed by atoms with Crippen LogP contribution in [0.25, 0.3) is 0 Å². The molecule has 0 radical (unpaired) electrons. The predicted molar refractivity (Wildman–Crippen MR) is 115 cm³/mol. The van der Waals surface area contributed by atoms with Gasteiger partial charge in [0, 0.05) is 33.1 Å². The molecule has 0 aliphatic heterocycles. The summed E-state index contributed by atoms with van der Waals surface area (Å²) < 4.78 is 7.78. The van der Waals surface area contributed by atoms with Gasteiger partial charge in [0.15, 0.2) is 5.96 Å². The number of rotatable bonds is 8. The Bertz CT molecular complexity index is 686. The fraction of sp³-hybridized carbons (Fsp3) is 0.500. The summed E-state index contributed by atoms with van der Waals surface area (Å²) in [5.41, 5.74) is 1.15. The van der Waals surface area contributed by atoms with Crippen molar-refractivity contribution in [2.75, 3.05) is 13.6 Å². The van der Waals surface area contributed by atoms with E-state index in [1.807, 2.05) is 36.6 Å². The van der Waals surface area contributed by atoms with Crippen molar-refractivity contribution in [3.05, 3.63) is 42.0 Å². The second-order valence-corrected chi connectivity index (χ2v) is 5.96. The van der Waals surface area contributed by atoms with Crippen LogP contribution in [0.5, 0.6) is 5.75 Å². The minimum absolute atomic E-state index is 0. The monoisotopic (exact) mass is 472 g/mol. The second kappa shape index (κ2) is 11.7. The average molecular weight is 472 g/mol. The summed E-state index contributed by atoms with van der Waals surface area (Å²) in [6, 6.07) is 8.09. The van der Waals surface area contributed by atoms with Crippen LogP contribution < -0.4 is 15.4 Å². The molecule has 0 unspecified atom stereocenters. The SMILES string of the molecule is CCc1nncn1CCNC(=NC)NCc1cccc(OC(C)C)c1.I. The van der Waals surface area contributed by atoms with E-state index < -0.39 is 0 Å². The molecule has 0 spiro atoms. The Morgan fingerprint density at radius 3 is 2.81 bits per heavy atom. The normalized spacial score (nSPS) is 11.2. The van der Waals surface area contributed by atoms with E-state index in [0.29, 0.717) is 6.54 Å². The van der Waals surface area contributed by atoms with Gasteiger partial charge in [0.2, 0.25) is 0 Å². The number of guanidine groups is 1. The zero-order valence-corrected chi connectivity index (χ0v) is 18.2. The first-order chi connectivity index (χ1) is 12.1. The number of aliphatic imine (C=N–C) groups is 1. The highest BCUT2D eigenvalue weighted by Crippen LogP contribution is 2.14. The van der Waals surface area contributed by atoms with Gasteiger partial charge in [-0.05, 0) is 31.5 Å². The molecule has 2 N–H and O–H groups in total. The highest BCUT2D eigenvalue weighted by Gasteiger charge is 2.03. The van der Waals surface area contributed by atoms with Gasteiger partial charge in [-0.2, -0.15) is 0 Å². The van der Waals surface area contributed by atoms with Crippen LogP contribution in [-0.4, -0.2) is 40.4 Å². The largest absolute Gasteiger partial charge is 0.491 e. The molecular formula is C18H29IN6O. The summed E-state index contributed by atoms with van der Waals surface area (Å²) in [7, 11) is 1.77. The minimum Gasteiger partial charge on any atom is -0.491 e.